The summed E-state index contributed by atoms with van der Waals surface area (Å²) in [6, 6.07) is 7.50. The van der Waals surface area contributed by atoms with Crippen LogP contribution in [0.4, 0.5) is 0 Å². The Bertz CT molecular complexity index is 513. The monoisotopic (exact) mass is 334 g/mol. The minimum Gasteiger partial charge on any atom is -0.508 e. The van der Waals surface area contributed by atoms with Gasteiger partial charge in [-0.1, -0.05) is 25.5 Å². The van der Waals surface area contributed by atoms with Gasteiger partial charge >= 0.3 is 0 Å². The summed E-state index contributed by atoms with van der Waals surface area (Å²) in [4.78, 5) is 14.4. The number of carbonyl (C=O) groups is 1. The number of aromatic hydroxyl groups is 1. The van der Waals surface area contributed by atoms with Crippen LogP contribution in [0.3, 0.4) is 0 Å². The summed E-state index contributed by atoms with van der Waals surface area (Å²) in [5.41, 5.74) is 1.00. The predicted molar refractivity (Wildman–Crippen MR) is 94.7 cm³/mol. The second kappa shape index (κ2) is 9.64. The Balaban J connectivity index is 1.99. The van der Waals surface area contributed by atoms with Crippen molar-refractivity contribution in [1.82, 2.24) is 10.2 Å². The van der Waals surface area contributed by atoms with E-state index in [0.717, 1.165) is 50.6 Å². The molecule has 1 fully saturated rings. The van der Waals surface area contributed by atoms with E-state index in [-0.39, 0.29) is 17.8 Å². The molecule has 0 spiro atoms. The number of aliphatic hydroxyl groups excluding tert-OH is 1. The van der Waals surface area contributed by atoms with Crippen molar-refractivity contribution in [2.24, 2.45) is 0 Å². The minimum absolute atomic E-state index is 0.0507. The maximum Gasteiger partial charge on any atom is 0.234 e. The third kappa shape index (κ3) is 6.13. The van der Waals surface area contributed by atoms with Crippen LogP contribution in [0.25, 0.3) is 0 Å². The molecule has 1 aromatic carbocycles. The van der Waals surface area contributed by atoms with Gasteiger partial charge in [-0.3, -0.25) is 9.69 Å². The number of carbonyl (C=O) groups excluding carboxylic acids is 1. The van der Waals surface area contributed by atoms with Gasteiger partial charge in [-0.15, -0.1) is 0 Å². The molecular formula is C19H30N2O3. The van der Waals surface area contributed by atoms with Gasteiger partial charge in [-0.25, -0.2) is 0 Å². The molecule has 1 saturated carbocycles. The number of nitrogens with zero attached hydrogens (tertiary/aromatic N) is 1. The maximum absolute atomic E-state index is 12.2. The van der Waals surface area contributed by atoms with Gasteiger partial charge in [0.2, 0.25) is 5.91 Å². The molecule has 0 atom stereocenters. The highest BCUT2D eigenvalue weighted by Gasteiger charge is 2.26. The Labute approximate surface area is 144 Å². The topological polar surface area (TPSA) is 72.8 Å². The Morgan fingerprint density at radius 1 is 1.29 bits per heavy atom. The number of amides is 1. The van der Waals surface area contributed by atoms with Crippen molar-refractivity contribution < 1.29 is 15.0 Å². The van der Waals surface area contributed by atoms with Crippen molar-refractivity contribution in [3.63, 3.8) is 0 Å². The molecule has 134 valence electrons. The van der Waals surface area contributed by atoms with Crippen LogP contribution in [0.5, 0.6) is 5.75 Å². The molecule has 1 aliphatic rings. The first-order valence-corrected chi connectivity index (χ1v) is 9.05. The number of rotatable bonds is 8. The van der Waals surface area contributed by atoms with Crippen LogP contribution in [-0.4, -0.2) is 46.3 Å². The fourth-order valence-corrected chi connectivity index (χ4v) is 3.27. The standard InChI is InChI=1S/C19H30N2O3/c1-2-3-11-20-19(24)14-21(16-7-9-17(22)10-8-16)13-15-5-4-6-18(23)12-15/h4-6,12,16-17,22-23H,2-3,7-11,13-14H2,1H3,(H,20,24). The first kappa shape index (κ1) is 18.7. The van der Waals surface area contributed by atoms with Crippen LogP contribution in [0.2, 0.25) is 0 Å². The Kier molecular flexibility index (Phi) is 7.53. The summed E-state index contributed by atoms with van der Waals surface area (Å²) < 4.78 is 0. The lowest BCUT2D eigenvalue weighted by molar-refractivity contribution is -0.123. The van der Waals surface area contributed by atoms with E-state index < -0.39 is 0 Å². The lowest BCUT2D eigenvalue weighted by Crippen LogP contribution is -2.44. The second-order valence-electron chi connectivity index (χ2n) is 6.74. The molecule has 24 heavy (non-hydrogen) atoms. The molecule has 0 heterocycles. The molecule has 2 rings (SSSR count). The SMILES string of the molecule is CCCCNC(=O)CN(Cc1cccc(O)c1)C1CCC(O)CC1. The molecule has 5 heteroatoms. The summed E-state index contributed by atoms with van der Waals surface area (Å²) in [6.07, 6.45) is 5.24. The molecule has 3 N–H and O–H groups in total. The van der Waals surface area contributed by atoms with E-state index in [2.05, 4.69) is 17.1 Å². The zero-order chi connectivity index (χ0) is 17.4. The highest BCUT2D eigenvalue weighted by molar-refractivity contribution is 5.78. The molecule has 0 saturated heterocycles. The van der Waals surface area contributed by atoms with Crippen LogP contribution in [0, 0.1) is 0 Å². The number of nitrogens with one attached hydrogen (secondary N) is 1. The van der Waals surface area contributed by atoms with Crippen LogP contribution >= 0.6 is 0 Å². The van der Waals surface area contributed by atoms with Crippen molar-refractivity contribution in [1.29, 1.82) is 0 Å². The quantitative estimate of drug-likeness (QED) is 0.638. The summed E-state index contributed by atoms with van der Waals surface area (Å²) in [5, 5.41) is 22.4. The molecule has 5 nitrogen and oxygen atoms in total. The van der Waals surface area contributed by atoms with E-state index in [1.807, 2.05) is 12.1 Å². The molecule has 0 aromatic heterocycles. The van der Waals surface area contributed by atoms with E-state index in [4.69, 9.17) is 0 Å². The summed E-state index contributed by atoms with van der Waals surface area (Å²) in [7, 11) is 0. The highest BCUT2D eigenvalue weighted by Crippen LogP contribution is 2.25. The highest BCUT2D eigenvalue weighted by atomic mass is 16.3. The summed E-state index contributed by atoms with van der Waals surface area (Å²) >= 11 is 0. The van der Waals surface area contributed by atoms with Gasteiger partial charge in [0, 0.05) is 19.1 Å². The molecule has 0 aliphatic heterocycles. The second-order valence-corrected chi connectivity index (χ2v) is 6.74. The van der Waals surface area contributed by atoms with Crippen molar-refractivity contribution in [2.45, 2.75) is 64.1 Å². The zero-order valence-electron chi connectivity index (χ0n) is 14.6. The molecule has 0 radical (unpaired) electrons. The predicted octanol–water partition coefficient (Wildman–Crippen LogP) is 2.41. The van der Waals surface area contributed by atoms with Crippen molar-refractivity contribution in [3.05, 3.63) is 29.8 Å². The number of phenols is 1. The van der Waals surface area contributed by atoms with E-state index in [9.17, 15) is 15.0 Å². The Morgan fingerprint density at radius 2 is 2.04 bits per heavy atom. The smallest absolute Gasteiger partial charge is 0.234 e. The first-order valence-electron chi connectivity index (χ1n) is 9.05. The minimum atomic E-state index is -0.206. The van der Waals surface area contributed by atoms with Crippen molar-refractivity contribution in [2.75, 3.05) is 13.1 Å². The molecule has 0 bridgehead atoms. The fraction of sp³-hybridized carbons (Fsp3) is 0.632. The van der Waals surface area contributed by atoms with Crippen LogP contribution in [0.1, 0.15) is 51.0 Å². The van der Waals surface area contributed by atoms with Gasteiger partial charge < -0.3 is 15.5 Å². The van der Waals surface area contributed by atoms with Crippen LogP contribution in [0.15, 0.2) is 24.3 Å². The number of hydrogen-bond acceptors (Lipinski definition) is 4. The average Bonchev–Trinajstić information content (AvgIpc) is 2.55. The third-order valence-corrected chi connectivity index (χ3v) is 4.68. The van der Waals surface area contributed by atoms with E-state index in [1.165, 1.54) is 0 Å². The lowest BCUT2D eigenvalue weighted by Gasteiger charge is -2.35. The molecule has 1 aliphatic carbocycles. The van der Waals surface area contributed by atoms with Crippen molar-refractivity contribution in [3.8, 4) is 5.75 Å². The van der Waals surface area contributed by atoms with Gasteiger partial charge in [0.15, 0.2) is 0 Å². The largest absolute Gasteiger partial charge is 0.508 e. The fourth-order valence-electron chi connectivity index (χ4n) is 3.27. The summed E-state index contributed by atoms with van der Waals surface area (Å²) in [5.74, 6) is 0.300. The number of hydrogen-bond donors (Lipinski definition) is 3. The number of aliphatic hydroxyl groups is 1. The van der Waals surface area contributed by atoms with Gasteiger partial charge in [0.25, 0.3) is 0 Å². The number of phenolic OH excluding ortho intramolecular Hbond substituents is 1. The van der Waals surface area contributed by atoms with Gasteiger partial charge in [-0.2, -0.15) is 0 Å². The third-order valence-electron chi connectivity index (χ3n) is 4.68. The molecule has 1 amide bonds. The number of unbranched alkanes of at least 4 members (excludes halogenated alkanes) is 1. The van der Waals surface area contributed by atoms with Crippen LogP contribution < -0.4 is 5.32 Å². The van der Waals surface area contributed by atoms with Crippen molar-refractivity contribution >= 4 is 5.91 Å². The molecule has 1 aromatic rings. The van der Waals surface area contributed by atoms with Gasteiger partial charge in [0.1, 0.15) is 5.75 Å². The normalized spacial score (nSPS) is 21.0. The molecule has 0 unspecified atom stereocenters. The van der Waals surface area contributed by atoms with E-state index >= 15 is 0 Å². The Morgan fingerprint density at radius 3 is 2.71 bits per heavy atom. The van der Waals surface area contributed by atoms with Gasteiger partial charge in [-0.05, 0) is 49.8 Å². The maximum atomic E-state index is 12.2. The van der Waals surface area contributed by atoms with E-state index in [0.29, 0.717) is 19.1 Å². The van der Waals surface area contributed by atoms with E-state index in [1.54, 1.807) is 12.1 Å². The average molecular weight is 334 g/mol. The first-order chi connectivity index (χ1) is 11.6. The van der Waals surface area contributed by atoms with Gasteiger partial charge in [0.05, 0.1) is 12.6 Å². The zero-order valence-corrected chi connectivity index (χ0v) is 14.6. The molecular weight excluding hydrogens is 304 g/mol. The Hall–Kier alpha value is -1.59. The van der Waals surface area contributed by atoms with Crippen LogP contribution in [-0.2, 0) is 11.3 Å². The number of benzene rings is 1. The summed E-state index contributed by atoms with van der Waals surface area (Å²) in [6.45, 7) is 3.82. The lowest BCUT2D eigenvalue weighted by atomic mass is 9.91.